The molecule has 1 heterocycles. The molecule has 0 radical (unpaired) electrons. The first kappa shape index (κ1) is 9.24. The van der Waals surface area contributed by atoms with Gasteiger partial charge in [0, 0.05) is 16.7 Å². The van der Waals surface area contributed by atoms with Crippen LogP contribution < -0.4 is 4.90 Å². The molecule has 0 spiro atoms. The van der Waals surface area contributed by atoms with Gasteiger partial charge in [-0.15, -0.1) is 0 Å². The number of nitrogens with zero attached hydrogens (tertiary/aromatic N) is 1. The molecular weight excluding hydrogens is 280 g/mol. The Bertz CT molecular complexity index is 308. The van der Waals surface area contributed by atoms with Gasteiger partial charge in [0.1, 0.15) is 5.82 Å². The van der Waals surface area contributed by atoms with Crippen molar-refractivity contribution in [1.82, 2.24) is 0 Å². The van der Waals surface area contributed by atoms with Crippen LogP contribution in [0.25, 0.3) is 0 Å². The fourth-order valence-corrected chi connectivity index (χ4v) is 2.16. The lowest BCUT2D eigenvalue weighted by molar-refractivity contribution is 0.623. The van der Waals surface area contributed by atoms with Gasteiger partial charge in [-0.25, -0.2) is 4.39 Å². The maximum atomic E-state index is 13.4. The molecule has 1 saturated heterocycles. The summed E-state index contributed by atoms with van der Waals surface area (Å²) in [5.74, 6) is -0.0951. The number of halogens is 2. The van der Waals surface area contributed by atoms with Crippen LogP contribution in [0, 0.1) is 9.39 Å². The largest absolute Gasteiger partial charge is 0.369 e. The van der Waals surface area contributed by atoms with Gasteiger partial charge in [0.2, 0.25) is 0 Å². The van der Waals surface area contributed by atoms with E-state index in [1.54, 1.807) is 12.1 Å². The van der Waals surface area contributed by atoms with Gasteiger partial charge in [0.25, 0.3) is 0 Å². The summed E-state index contributed by atoms with van der Waals surface area (Å²) >= 11 is 2.22. The Labute approximate surface area is 91.1 Å². The number of hydrogen-bond acceptors (Lipinski definition) is 1. The predicted octanol–water partition coefficient (Wildman–Crippen LogP) is 3.03. The van der Waals surface area contributed by atoms with Crippen LogP contribution >= 0.6 is 22.6 Å². The Hall–Kier alpha value is -0.320. The van der Waals surface area contributed by atoms with Crippen LogP contribution in [0.15, 0.2) is 18.2 Å². The summed E-state index contributed by atoms with van der Waals surface area (Å²) in [4.78, 5) is 2.12. The summed E-state index contributed by atoms with van der Waals surface area (Å²) < 4.78 is 14.5. The third kappa shape index (κ3) is 1.95. The number of benzene rings is 1. The van der Waals surface area contributed by atoms with E-state index in [4.69, 9.17) is 0 Å². The van der Waals surface area contributed by atoms with Crippen molar-refractivity contribution in [3.8, 4) is 0 Å². The van der Waals surface area contributed by atoms with Crippen molar-refractivity contribution in [3.63, 3.8) is 0 Å². The Morgan fingerprint density at radius 1 is 1.23 bits per heavy atom. The average Bonchev–Trinajstić information content (AvgIpc) is 2.61. The minimum absolute atomic E-state index is 0.0951. The van der Waals surface area contributed by atoms with Crippen molar-refractivity contribution in [3.05, 3.63) is 27.6 Å². The quantitative estimate of drug-likeness (QED) is 0.719. The van der Waals surface area contributed by atoms with Gasteiger partial charge in [-0.3, -0.25) is 0 Å². The summed E-state index contributed by atoms with van der Waals surface area (Å²) in [6, 6.07) is 5.27. The molecule has 0 aromatic heterocycles. The lowest BCUT2D eigenvalue weighted by atomic mass is 10.3. The maximum absolute atomic E-state index is 13.4. The van der Waals surface area contributed by atoms with E-state index in [1.165, 1.54) is 12.8 Å². The highest BCUT2D eigenvalue weighted by Gasteiger charge is 2.15. The van der Waals surface area contributed by atoms with Crippen molar-refractivity contribution in [2.75, 3.05) is 18.0 Å². The van der Waals surface area contributed by atoms with Crippen LogP contribution in [0.3, 0.4) is 0 Å². The van der Waals surface area contributed by atoms with Crippen LogP contribution in [-0.4, -0.2) is 13.1 Å². The van der Waals surface area contributed by atoms with E-state index in [-0.39, 0.29) is 5.82 Å². The molecule has 0 N–H and O–H groups in total. The number of anilines is 1. The molecule has 1 fully saturated rings. The Balaban J connectivity index is 2.32. The standard InChI is InChI=1S/C10H11FIN/c11-9-4-3-8(12)7-10(9)13-5-1-2-6-13/h3-4,7H,1-2,5-6H2. The first-order valence-corrected chi connectivity index (χ1v) is 5.55. The van der Waals surface area contributed by atoms with Crippen molar-refractivity contribution in [2.45, 2.75) is 12.8 Å². The van der Waals surface area contributed by atoms with Gasteiger partial charge in [-0.05, 0) is 53.6 Å². The summed E-state index contributed by atoms with van der Waals surface area (Å²) in [6.07, 6.45) is 2.37. The molecule has 0 amide bonds. The summed E-state index contributed by atoms with van der Waals surface area (Å²) in [7, 11) is 0. The molecule has 0 atom stereocenters. The van der Waals surface area contributed by atoms with Crippen molar-refractivity contribution in [1.29, 1.82) is 0 Å². The predicted molar refractivity (Wildman–Crippen MR) is 60.6 cm³/mol. The summed E-state index contributed by atoms with van der Waals surface area (Å²) in [6.45, 7) is 1.99. The van der Waals surface area contributed by atoms with Crippen molar-refractivity contribution >= 4 is 28.3 Å². The number of rotatable bonds is 1. The van der Waals surface area contributed by atoms with E-state index in [2.05, 4.69) is 27.5 Å². The van der Waals surface area contributed by atoms with Crippen LogP contribution in [0.1, 0.15) is 12.8 Å². The van der Waals surface area contributed by atoms with Crippen molar-refractivity contribution in [2.24, 2.45) is 0 Å². The van der Waals surface area contributed by atoms with Gasteiger partial charge >= 0.3 is 0 Å². The van der Waals surface area contributed by atoms with Crippen LogP contribution in [-0.2, 0) is 0 Å². The van der Waals surface area contributed by atoms with Gasteiger partial charge in [-0.2, -0.15) is 0 Å². The molecule has 1 aliphatic heterocycles. The molecule has 0 unspecified atom stereocenters. The highest BCUT2D eigenvalue weighted by molar-refractivity contribution is 14.1. The first-order chi connectivity index (χ1) is 6.27. The molecule has 1 nitrogen and oxygen atoms in total. The van der Waals surface area contributed by atoms with E-state index in [1.807, 2.05) is 6.07 Å². The Morgan fingerprint density at radius 2 is 1.92 bits per heavy atom. The Kier molecular flexibility index (Phi) is 2.71. The second-order valence-corrected chi connectivity index (χ2v) is 4.54. The third-order valence-corrected chi connectivity index (χ3v) is 3.03. The lowest BCUT2D eigenvalue weighted by Gasteiger charge is -2.18. The van der Waals surface area contributed by atoms with Gasteiger partial charge < -0.3 is 4.90 Å². The van der Waals surface area contributed by atoms with E-state index in [0.717, 1.165) is 22.3 Å². The van der Waals surface area contributed by atoms with E-state index >= 15 is 0 Å². The SMILES string of the molecule is Fc1ccc(I)cc1N1CCCC1. The first-order valence-electron chi connectivity index (χ1n) is 4.47. The van der Waals surface area contributed by atoms with Gasteiger partial charge in [0.15, 0.2) is 0 Å². The zero-order valence-electron chi connectivity index (χ0n) is 7.26. The number of hydrogen-bond donors (Lipinski definition) is 0. The lowest BCUT2D eigenvalue weighted by Crippen LogP contribution is -2.18. The zero-order chi connectivity index (χ0) is 9.26. The molecule has 1 aliphatic rings. The molecule has 1 aromatic carbocycles. The smallest absolute Gasteiger partial charge is 0.146 e. The van der Waals surface area contributed by atoms with E-state index in [0.29, 0.717) is 0 Å². The maximum Gasteiger partial charge on any atom is 0.146 e. The summed E-state index contributed by atoms with van der Waals surface area (Å²) in [5, 5.41) is 0. The molecule has 0 saturated carbocycles. The second kappa shape index (κ2) is 3.82. The normalized spacial score (nSPS) is 16.6. The molecular formula is C10H11FIN. The van der Waals surface area contributed by atoms with Gasteiger partial charge in [-0.1, -0.05) is 0 Å². The minimum Gasteiger partial charge on any atom is -0.369 e. The fraction of sp³-hybridized carbons (Fsp3) is 0.400. The molecule has 2 rings (SSSR count). The Morgan fingerprint density at radius 3 is 2.62 bits per heavy atom. The van der Waals surface area contributed by atoms with Crippen LogP contribution in [0.2, 0.25) is 0 Å². The topological polar surface area (TPSA) is 3.24 Å². The molecule has 13 heavy (non-hydrogen) atoms. The van der Waals surface area contributed by atoms with E-state index in [9.17, 15) is 4.39 Å². The van der Waals surface area contributed by atoms with Gasteiger partial charge in [0.05, 0.1) is 5.69 Å². The highest BCUT2D eigenvalue weighted by Crippen LogP contribution is 2.25. The van der Waals surface area contributed by atoms with Crippen molar-refractivity contribution < 1.29 is 4.39 Å². The van der Waals surface area contributed by atoms with E-state index < -0.39 is 0 Å². The highest BCUT2D eigenvalue weighted by atomic mass is 127. The van der Waals surface area contributed by atoms with Crippen LogP contribution in [0.4, 0.5) is 10.1 Å². The monoisotopic (exact) mass is 291 g/mol. The molecule has 3 heteroatoms. The molecule has 1 aromatic rings. The average molecular weight is 291 g/mol. The molecule has 0 aliphatic carbocycles. The fourth-order valence-electron chi connectivity index (χ4n) is 1.69. The minimum atomic E-state index is -0.0951. The third-order valence-electron chi connectivity index (χ3n) is 2.35. The van der Waals surface area contributed by atoms with Crippen LogP contribution in [0.5, 0.6) is 0 Å². The molecule has 0 bridgehead atoms. The molecule has 70 valence electrons. The zero-order valence-corrected chi connectivity index (χ0v) is 9.42. The second-order valence-electron chi connectivity index (χ2n) is 3.29. The summed E-state index contributed by atoms with van der Waals surface area (Å²) in [5.41, 5.74) is 0.768.